The van der Waals surface area contributed by atoms with Crippen LogP contribution in [0.25, 0.3) is 0 Å². The second-order valence-corrected chi connectivity index (χ2v) is 8.38. The van der Waals surface area contributed by atoms with Crippen LogP contribution in [0.5, 0.6) is 5.75 Å². The second-order valence-electron chi connectivity index (χ2n) is 8.38. The molecule has 1 saturated heterocycles. The number of carbonyl (C=O) groups is 4. The summed E-state index contributed by atoms with van der Waals surface area (Å²) in [6.45, 7) is 0.728. The van der Waals surface area contributed by atoms with Gasteiger partial charge < -0.3 is 9.84 Å². The average molecular weight is 445 g/mol. The number of imide groups is 2. The normalized spacial score (nSPS) is 18.2. The van der Waals surface area contributed by atoms with Crippen LogP contribution >= 0.6 is 0 Å². The van der Waals surface area contributed by atoms with Gasteiger partial charge >= 0.3 is 0 Å². The van der Waals surface area contributed by atoms with E-state index >= 15 is 0 Å². The fourth-order valence-electron chi connectivity index (χ4n) is 4.24. The molecule has 1 aromatic carbocycles. The molecule has 3 rings (SSSR count). The van der Waals surface area contributed by atoms with Gasteiger partial charge in [0.25, 0.3) is 11.8 Å². The number of rotatable bonds is 13. The highest BCUT2D eigenvalue weighted by molar-refractivity contribution is 6.24. The molecule has 2 aliphatic rings. The molecule has 8 nitrogen and oxygen atoms in total. The van der Waals surface area contributed by atoms with Crippen molar-refractivity contribution in [2.24, 2.45) is 0 Å². The van der Waals surface area contributed by atoms with E-state index in [0.717, 1.165) is 37.0 Å². The Morgan fingerprint density at radius 3 is 2.22 bits per heavy atom. The van der Waals surface area contributed by atoms with Gasteiger partial charge in [0.15, 0.2) is 0 Å². The highest BCUT2D eigenvalue weighted by Crippen LogP contribution is 2.33. The van der Waals surface area contributed by atoms with Gasteiger partial charge in [0, 0.05) is 13.0 Å². The number of fused-ring (bicyclic) bond motifs is 1. The van der Waals surface area contributed by atoms with E-state index < -0.39 is 29.7 Å². The van der Waals surface area contributed by atoms with Gasteiger partial charge in [-0.1, -0.05) is 51.0 Å². The molecule has 32 heavy (non-hydrogen) atoms. The fraction of sp³-hybridized carbons (Fsp3) is 0.583. The smallest absolute Gasteiger partial charge is 0.266 e. The number of nitrogens with zero attached hydrogens (tertiary/aromatic N) is 1. The van der Waals surface area contributed by atoms with Gasteiger partial charge in [-0.3, -0.25) is 29.4 Å². The zero-order chi connectivity index (χ0) is 22.9. The molecule has 0 radical (unpaired) electrons. The van der Waals surface area contributed by atoms with Crippen LogP contribution in [0.3, 0.4) is 0 Å². The third-order valence-electron chi connectivity index (χ3n) is 5.99. The van der Waals surface area contributed by atoms with E-state index in [1.165, 1.54) is 25.7 Å². The van der Waals surface area contributed by atoms with Crippen LogP contribution in [0.1, 0.15) is 91.3 Å². The van der Waals surface area contributed by atoms with Gasteiger partial charge in [0.05, 0.1) is 17.7 Å². The van der Waals surface area contributed by atoms with Crippen LogP contribution in [-0.2, 0) is 9.59 Å². The number of ether oxygens (including phenoxy) is 1. The van der Waals surface area contributed by atoms with Crippen molar-refractivity contribution < 1.29 is 29.0 Å². The number of aliphatic hydroxyl groups excluding tert-OH is 1. The first-order valence-corrected chi connectivity index (χ1v) is 11.6. The third-order valence-corrected chi connectivity index (χ3v) is 5.99. The Morgan fingerprint density at radius 1 is 0.906 bits per heavy atom. The summed E-state index contributed by atoms with van der Waals surface area (Å²) in [4.78, 5) is 50.4. The van der Waals surface area contributed by atoms with Crippen molar-refractivity contribution in [3.63, 3.8) is 0 Å². The molecule has 0 aliphatic carbocycles. The fourth-order valence-corrected chi connectivity index (χ4v) is 4.24. The Hall–Kier alpha value is -2.74. The number of carbonyl (C=O) groups excluding carboxylic acids is 4. The minimum Gasteiger partial charge on any atom is -0.493 e. The predicted octanol–water partition coefficient (Wildman–Crippen LogP) is 2.97. The van der Waals surface area contributed by atoms with E-state index in [1.54, 1.807) is 18.2 Å². The number of nitrogens with one attached hydrogen (secondary N) is 1. The molecule has 1 unspecified atom stereocenters. The lowest BCUT2D eigenvalue weighted by molar-refractivity contribution is -0.136. The van der Waals surface area contributed by atoms with E-state index in [0.29, 0.717) is 12.4 Å². The molecule has 1 atom stereocenters. The minimum atomic E-state index is -0.975. The number of hydrogen-bond donors (Lipinski definition) is 2. The summed E-state index contributed by atoms with van der Waals surface area (Å²) < 4.78 is 5.84. The Bertz CT molecular complexity index is 853. The van der Waals surface area contributed by atoms with Crippen LogP contribution in [0.2, 0.25) is 0 Å². The number of aliphatic hydroxyl groups is 1. The SMILES string of the molecule is O=C1CCC(N2C(=O)c3cccc(OCCCCCCCCCCCO)c3C2=O)C(=O)N1. The zero-order valence-electron chi connectivity index (χ0n) is 18.4. The van der Waals surface area contributed by atoms with E-state index in [1.807, 2.05) is 0 Å². The standard InChI is InChI=1S/C24H32N2O6/c27-15-8-6-4-2-1-3-5-7-9-16-32-19-12-10-11-17-21(19)24(31)26(23(17)30)18-13-14-20(28)25-22(18)29/h10-12,18,27H,1-9,13-16H2,(H,25,28,29). The van der Waals surface area contributed by atoms with Crippen molar-refractivity contribution in [1.29, 1.82) is 0 Å². The van der Waals surface area contributed by atoms with Crippen LogP contribution in [0.15, 0.2) is 18.2 Å². The molecule has 0 saturated carbocycles. The quantitative estimate of drug-likeness (QED) is 0.357. The predicted molar refractivity (Wildman–Crippen MR) is 117 cm³/mol. The lowest BCUT2D eigenvalue weighted by atomic mass is 10.0. The van der Waals surface area contributed by atoms with Crippen LogP contribution in [0.4, 0.5) is 0 Å². The van der Waals surface area contributed by atoms with Crippen molar-refractivity contribution in [2.45, 2.75) is 76.7 Å². The third kappa shape index (κ3) is 5.73. The Balaban J connectivity index is 1.47. The molecule has 2 N–H and O–H groups in total. The lowest BCUT2D eigenvalue weighted by Crippen LogP contribution is -2.54. The van der Waals surface area contributed by atoms with Gasteiger partial charge in [0.2, 0.25) is 11.8 Å². The molecular formula is C24H32N2O6. The minimum absolute atomic E-state index is 0.0931. The van der Waals surface area contributed by atoms with Crippen LogP contribution < -0.4 is 10.1 Å². The van der Waals surface area contributed by atoms with Gasteiger partial charge in [-0.2, -0.15) is 0 Å². The summed E-state index contributed by atoms with van der Waals surface area (Å²) in [5.41, 5.74) is 0.434. The van der Waals surface area contributed by atoms with Crippen molar-refractivity contribution in [3.05, 3.63) is 29.3 Å². The Labute approximate surface area is 188 Å². The van der Waals surface area contributed by atoms with Gasteiger partial charge in [-0.05, 0) is 31.4 Å². The molecule has 174 valence electrons. The molecule has 2 aliphatic heterocycles. The largest absolute Gasteiger partial charge is 0.493 e. The maximum Gasteiger partial charge on any atom is 0.266 e. The van der Waals surface area contributed by atoms with Crippen molar-refractivity contribution in [2.75, 3.05) is 13.2 Å². The summed E-state index contributed by atoms with van der Waals surface area (Å²) in [7, 11) is 0. The van der Waals surface area contributed by atoms with Gasteiger partial charge in [-0.15, -0.1) is 0 Å². The highest BCUT2D eigenvalue weighted by atomic mass is 16.5. The molecule has 4 amide bonds. The number of piperidine rings is 1. The first-order valence-electron chi connectivity index (χ1n) is 11.6. The summed E-state index contributed by atoms with van der Waals surface area (Å²) in [5, 5.41) is 11.0. The van der Waals surface area contributed by atoms with Crippen molar-refractivity contribution in [3.8, 4) is 5.75 Å². The molecule has 2 heterocycles. The molecule has 0 spiro atoms. The monoisotopic (exact) mass is 444 g/mol. The maximum atomic E-state index is 13.0. The van der Waals surface area contributed by atoms with Gasteiger partial charge in [-0.25, -0.2) is 0 Å². The zero-order valence-corrected chi connectivity index (χ0v) is 18.4. The summed E-state index contributed by atoms with van der Waals surface area (Å²) in [6, 6.07) is 3.93. The second kappa shape index (κ2) is 11.8. The summed E-state index contributed by atoms with van der Waals surface area (Å²) in [5.74, 6) is -1.72. The highest BCUT2D eigenvalue weighted by Gasteiger charge is 2.45. The maximum absolute atomic E-state index is 13.0. The molecule has 8 heteroatoms. The number of benzene rings is 1. The Kier molecular flexibility index (Phi) is 8.79. The van der Waals surface area contributed by atoms with E-state index in [9.17, 15) is 19.2 Å². The first kappa shape index (κ1) is 23.9. The molecule has 1 aromatic rings. The number of hydrogen-bond acceptors (Lipinski definition) is 6. The molecule has 0 bridgehead atoms. The van der Waals surface area contributed by atoms with Crippen LogP contribution in [0, 0.1) is 0 Å². The first-order chi connectivity index (χ1) is 15.5. The average Bonchev–Trinajstić information content (AvgIpc) is 3.03. The van der Waals surface area contributed by atoms with E-state index in [4.69, 9.17) is 9.84 Å². The van der Waals surface area contributed by atoms with Gasteiger partial charge in [0.1, 0.15) is 11.8 Å². The van der Waals surface area contributed by atoms with E-state index in [-0.39, 0.29) is 30.6 Å². The lowest BCUT2D eigenvalue weighted by Gasteiger charge is -2.27. The van der Waals surface area contributed by atoms with Crippen molar-refractivity contribution in [1.82, 2.24) is 10.2 Å². The van der Waals surface area contributed by atoms with Crippen LogP contribution in [-0.4, -0.2) is 52.9 Å². The topological polar surface area (TPSA) is 113 Å². The summed E-state index contributed by atoms with van der Waals surface area (Å²) in [6.07, 6.45) is 9.96. The molecule has 0 aromatic heterocycles. The van der Waals surface area contributed by atoms with Crippen molar-refractivity contribution >= 4 is 23.6 Å². The summed E-state index contributed by atoms with van der Waals surface area (Å²) >= 11 is 0. The molecule has 1 fully saturated rings. The number of unbranched alkanes of at least 4 members (excludes halogenated alkanes) is 8. The molecular weight excluding hydrogens is 412 g/mol. The Morgan fingerprint density at radius 2 is 1.56 bits per heavy atom. The van der Waals surface area contributed by atoms with E-state index in [2.05, 4.69) is 5.32 Å². The number of amides is 4.